The van der Waals surface area contributed by atoms with Crippen LogP contribution in [-0.4, -0.2) is 26.3 Å². The predicted molar refractivity (Wildman–Crippen MR) is 103 cm³/mol. The molecule has 4 rings (SSSR count). The van der Waals surface area contributed by atoms with E-state index in [0.29, 0.717) is 22.5 Å². The first-order chi connectivity index (χ1) is 13.1. The summed E-state index contributed by atoms with van der Waals surface area (Å²) in [6.45, 7) is 3.85. The van der Waals surface area contributed by atoms with E-state index in [1.807, 2.05) is 38.1 Å². The largest absolute Gasteiger partial charge is 0.416 e. The average molecular weight is 377 g/mol. The predicted octanol–water partition coefficient (Wildman–Crippen LogP) is 4.12. The van der Waals surface area contributed by atoms with Gasteiger partial charge in [0.05, 0.1) is 0 Å². The van der Waals surface area contributed by atoms with Gasteiger partial charge < -0.3 is 4.42 Å². The van der Waals surface area contributed by atoms with Gasteiger partial charge >= 0.3 is 0 Å². The summed E-state index contributed by atoms with van der Waals surface area (Å²) in [6, 6.07) is 14.8. The highest BCUT2D eigenvalue weighted by atomic mass is 32.1. The van der Waals surface area contributed by atoms with Crippen LogP contribution in [0.4, 0.5) is 5.13 Å². The van der Waals surface area contributed by atoms with Gasteiger partial charge in [-0.3, -0.25) is 10.1 Å². The molecule has 8 heteroatoms. The van der Waals surface area contributed by atoms with Crippen molar-refractivity contribution in [3.8, 4) is 22.9 Å². The number of carbonyl (C=O) groups excluding carboxylic acids is 1. The zero-order valence-corrected chi connectivity index (χ0v) is 15.4. The van der Waals surface area contributed by atoms with Crippen molar-refractivity contribution in [2.45, 2.75) is 13.8 Å². The van der Waals surface area contributed by atoms with Crippen LogP contribution in [0.15, 0.2) is 52.9 Å². The molecule has 7 nitrogen and oxygen atoms in total. The summed E-state index contributed by atoms with van der Waals surface area (Å²) in [6.07, 6.45) is 0. The molecule has 4 aromatic rings. The van der Waals surface area contributed by atoms with E-state index in [-0.39, 0.29) is 5.91 Å². The number of aryl methyl sites for hydroxylation is 2. The summed E-state index contributed by atoms with van der Waals surface area (Å²) in [5.74, 6) is 0.610. The SMILES string of the molecule is Cc1ccc(-c2nnc(-c3ccc(C(=O)Nc4nnc(C)s4)cc3)o2)cc1. The summed E-state index contributed by atoms with van der Waals surface area (Å²) in [4.78, 5) is 12.3. The van der Waals surface area contributed by atoms with Gasteiger partial charge in [0, 0.05) is 16.7 Å². The summed E-state index contributed by atoms with van der Waals surface area (Å²) in [5.41, 5.74) is 3.27. The maximum absolute atomic E-state index is 12.3. The fourth-order valence-electron chi connectivity index (χ4n) is 2.43. The minimum Gasteiger partial charge on any atom is -0.416 e. The lowest BCUT2D eigenvalue weighted by molar-refractivity contribution is 0.102. The lowest BCUT2D eigenvalue weighted by Crippen LogP contribution is -2.11. The number of anilines is 1. The van der Waals surface area contributed by atoms with Crippen LogP contribution in [-0.2, 0) is 0 Å². The monoisotopic (exact) mass is 377 g/mol. The Hall–Kier alpha value is -3.39. The van der Waals surface area contributed by atoms with E-state index in [2.05, 4.69) is 25.7 Å². The Labute approximate surface area is 159 Å². The molecule has 0 bridgehead atoms. The van der Waals surface area contributed by atoms with Crippen molar-refractivity contribution in [3.05, 3.63) is 64.7 Å². The molecule has 0 atom stereocenters. The summed E-state index contributed by atoms with van der Waals surface area (Å²) >= 11 is 1.32. The lowest BCUT2D eigenvalue weighted by atomic mass is 10.1. The second-order valence-electron chi connectivity index (χ2n) is 5.94. The normalized spacial score (nSPS) is 10.7. The molecule has 2 aromatic heterocycles. The number of rotatable bonds is 4. The van der Waals surface area contributed by atoms with Gasteiger partial charge in [0.2, 0.25) is 16.9 Å². The molecule has 27 heavy (non-hydrogen) atoms. The van der Waals surface area contributed by atoms with Gasteiger partial charge in [0.25, 0.3) is 5.91 Å². The van der Waals surface area contributed by atoms with E-state index in [1.165, 1.54) is 11.3 Å². The van der Waals surface area contributed by atoms with E-state index in [9.17, 15) is 4.79 Å². The molecular weight excluding hydrogens is 362 g/mol. The van der Waals surface area contributed by atoms with Gasteiger partial charge in [0.1, 0.15) is 5.01 Å². The fraction of sp³-hybridized carbons (Fsp3) is 0.105. The van der Waals surface area contributed by atoms with Crippen LogP contribution in [0.1, 0.15) is 20.9 Å². The third-order valence-corrected chi connectivity index (χ3v) is 4.62. The van der Waals surface area contributed by atoms with Crippen LogP contribution in [0.2, 0.25) is 0 Å². The smallest absolute Gasteiger partial charge is 0.257 e. The first-order valence-corrected chi connectivity index (χ1v) is 9.02. The molecule has 0 saturated heterocycles. The standard InChI is InChI=1S/C19H15N5O2S/c1-11-3-5-14(6-4-11)17-22-23-18(26-17)15-9-7-13(8-10-15)16(25)20-19-24-21-12(2)27-19/h3-10H,1-2H3,(H,20,24,25). The van der Waals surface area contributed by atoms with Crippen molar-refractivity contribution >= 4 is 22.4 Å². The van der Waals surface area contributed by atoms with Crippen molar-refractivity contribution in [2.24, 2.45) is 0 Å². The molecule has 1 N–H and O–H groups in total. The minimum atomic E-state index is -0.247. The number of hydrogen-bond donors (Lipinski definition) is 1. The fourth-order valence-corrected chi connectivity index (χ4v) is 3.02. The Bertz CT molecular complexity index is 1080. The molecule has 0 aliphatic carbocycles. The van der Waals surface area contributed by atoms with E-state index in [0.717, 1.165) is 21.7 Å². The molecule has 0 fully saturated rings. The molecule has 1 amide bonds. The topological polar surface area (TPSA) is 93.8 Å². The van der Waals surface area contributed by atoms with Crippen LogP contribution in [0, 0.1) is 13.8 Å². The Morgan fingerprint density at radius 3 is 2.00 bits per heavy atom. The van der Waals surface area contributed by atoms with Crippen molar-refractivity contribution < 1.29 is 9.21 Å². The molecule has 0 unspecified atom stereocenters. The van der Waals surface area contributed by atoms with Crippen LogP contribution in [0.25, 0.3) is 22.9 Å². The number of carbonyl (C=O) groups is 1. The number of hydrogen-bond acceptors (Lipinski definition) is 7. The summed E-state index contributed by atoms with van der Waals surface area (Å²) in [7, 11) is 0. The summed E-state index contributed by atoms with van der Waals surface area (Å²) < 4.78 is 5.76. The first kappa shape index (κ1) is 17.0. The molecule has 0 saturated carbocycles. The third-order valence-electron chi connectivity index (χ3n) is 3.86. The third kappa shape index (κ3) is 3.75. The maximum Gasteiger partial charge on any atom is 0.257 e. The molecule has 0 radical (unpaired) electrons. The Morgan fingerprint density at radius 2 is 1.44 bits per heavy atom. The van der Waals surface area contributed by atoms with Crippen molar-refractivity contribution in [2.75, 3.05) is 5.32 Å². The van der Waals surface area contributed by atoms with E-state index in [4.69, 9.17) is 4.42 Å². The second-order valence-corrected chi connectivity index (χ2v) is 7.12. The van der Waals surface area contributed by atoms with Crippen molar-refractivity contribution in [3.63, 3.8) is 0 Å². The highest BCUT2D eigenvalue weighted by molar-refractivity contribution is 7.15. The van der Waals surface area contributed by atoms with Crippen LogP contribution < -0.4 is 5.32 Å². The Kier molecular flexibility index (Phi) is 4.47. The van der Waals surface area contributed by atoms with Gasteiger partial charge in [-0.05, 0) is 50.2 Å². The van der Waals surface area contributed by atoms with Crippen LogP contribution >= 0.6 is 11.3 Å². The van der Waals surface area contributed by atoms with Gasteiger partial charge in [-0.25, -0.2) is 0 Å². The number of amides is 1. The summed E-state index contributed by atoms with van der Waals surface area (Å²) in [5, 5.41) is 19.9. The molecule has 2 aromatic carbocycles. The zero-order chi connectivity index (χ0) is 18.8. The molecule has 2 heterocycles. The highest BCUT2D eigenvalue weighted by Gasteiger charge is 2.13. The van der Waals surface area contributed by atoms with Gasteiger partial charge in [-0.2, -0.15) is 0 Å². The average Bonchev–Trinajstić information content (AvgIpc) is 3.32. The lowest BCUT2D eigenvalue weighted by Gasteiger charge is -2.02. The van der Waals surface area contributed by atoms with Crippen LogP contribution in [0.3, 0.4) is 0 Å². The molecule has 0 spiro atoms. The van der Waals surface area contributed by atoms with Crippen molar-refractivity contribution in [1.82, 2.24) is 20.4 Å². The first-order valence-electron chi connectivity index (χ1n) is 8.21. The molecule has 0 aliphatic heterocycles. The van der Waals surface area contributed by atoms with Gasteiger partial charge in [-0.15, -0.1) is 20.4 Å². The van der Waals surface area contributed by atoms with E-state index >= 15 is 0 Å². The maximum atomic E-state index is 12.3. The van der Waals surface area contributed by atoms with Crippen molar-refractivity contribution in [1.29, 1.82) is 0 Å². The Morgan fingerprint density at radius 1 is 0.852 bits per heavy atom. The van der Waals surface area contributed by atoms with Crippen LogP contribution in [0.5, 0.6) is 0 Å². The molecule has 0 aliphatic rings. The number of aromatic nitrogens is 4. The number of benzene rings is 2. The minimum absolute atomic E-state index is 0.247. The number of nitrogens with zero attached hydrogens (tertiary/aromatic N) is 4. The zero-order valence-electron chi connectivity index (χ0n) is 14.6. The number of nitrogens with one attached hydrogen (secondary N) is 1. The van der Waals surface area contributed by atoms with Gasteiger partial charge in [-0.1, -0.05) is 29.0 Å². The molecule has 134 valence electrons. The second kappa shape index (κ2) is 7.08. The van der Waals surface area contributed by atoms with E-state index in [1.54, 1.807) is 24.3 Å². The van der Waals surface area contributed by atoms with Gasteiger partial charge in [0.15, 0.2) is 0 Å². The highest BCUT2D eigenvalue weighted by Crippen LogP contribution is 2.24. The Balaban J connectivity index is 1.50. The quantitative estimate of drug-likeness (QED) is 0.575. The van der Waals surface area contributed by atoms with E-state index < -0.39 is 0 Å². The molecular formula is C19H15N5O2S.